The maximum absolute atomic E-state index is 14.0. The van der Waals surface area contributed by atoms with E-state index in [1.807, 2.05) is 0 Å². The molecule has 0 bridgehead atoms. The summed E-state index contributed by atoms with van der Waals surface area (Å²) in [6, 6.07) is 3.64. The monoisotopic (exact) mass is 524 g/mol. The highest BCUT2D eigenvalue weighted by Crippen LogP contribution is 2.38. The quantitative estimate of drug-likeness (QED) is 0.429. The number of hydrogen-bond donors (Lipinski definition) is 2. The zero-order valence-electron chi connectivity index (χ0n) is 21.7. The van der Waals surface area contributed by atoms with Gasteiger partial charge in [0.25, 0.3) is 0 Å². The topological polar surface area (TPSA) is 112 Å². The number of halogens is 3. The molecule has 2 N–H and O–H groups in total. The number of pyridine rings is 2. The molecule has 1 unspecified atom stereocenters. The second-order valence-corrected chi connectivity index (χ2v) is 9.66. The Kier molecular flexibility index (Phi) is 9.13. The molecule has 2 heterocycles. The maximum atomic E-state index is 14.0. The molecule has 0 fully saturated rings. The van der Waals surface area contributed by atoms with Crippen molar-refractivity contribution in [2.45, 2.75) is 58.9 Å². The molecule has 37 heavy (non-hydrogen) atoms. The summed E-state index contributed by atoms with van der Waals surface area (Å²) < 4.78 is 57.3. The Morgan fingerprint density at radius 2 is 1.73 bits per heavy atom. The molecular formula is C25H31F3N4O5. The third-order valence-corrected chi connectivity index (χ3v) is 4.57. The smallest absolute Gasteiger partial charge is 0.420 e. The number of alkyl carbamates (subject to hydrolysis) is 1. The van der Waals surface area contributed by atoms with E-state index in [4.69, 9.17) is 9.47 Å². The van der Waals surface area contributed by atoms with Crippen LogP contribution in [0.4, 0.5) is 28.6 Å². The third kappa shape index (κ3) is 9.28. The fraction of sp³-hybridized carbons (Fsp3) is 0.440. The molecule has 0 aliphatic rings. The van der Waals surface area contributed by atoms with Gasteiger partial charge in [-0.3, -0.25) is 10.3 Å². The van der Waals surface area contributed by atoms with Gasteiger partial charge < -0.3 is 19.5 Å². The lowest BCUT2D eigenvalue weighted by Gasteiger charge is -2.30. The molecule has 0 aliphatic heterocycles. The second kappa shape index (κ2) is 11.5. The van der Waals surface area contributed by atoms with Gasteiger partial charge in [-0.2, -0.15) is 13.2 Å². The molecule has 0 saturated carbocycles. The summed E-state index contributed by atoms with van der Waals surface area (Å²) in [4.78, 5) is 31.8. The lowest BCUT2D eigenvalue weighted by molar-refractivity contribution is -0.139. The van der Waals surface area contributed by atoms with Crippen molar-refractivity contribution in [1.29, 1.82) is 0 Å². The van der Waals surface area contributed by atoms with E-state index in [9.17, 15) is 22.8 Å². The first-order valence-corrected chi connectivity index (χ1v) is 11.2. The Hall–Kier alpha value is -3.83. The van der Waals surface area contributed by atoms with Crippen LogP contribution in [0, 0.1) is 0 Å². The number of carbonyl (C=O) groups is 2. The molecule has 0 saturated heterocycles. The molecule has 0 spiro atoms. The van der Waals surface area contributed by atoms with Gasteiger partial charge >= 0.3 is 18.4 Å². The molecule has 0 radical (unpaired) electrons. The van der Waals surface area contributed by atoms with E-state index in [1.165, 1.54) is 25.4 Å². The van der Waals surface area contributed by atoms with Gasteiger partial charge in [0.1, 0.15) is 29.3 Å². The van der Waals surface area contributed by atoms with E-state index >= 15 is 0 Å². The number of nitrogens with zero attached hydrogens (tertiary/aromatic N) is 2. The second-order valence-electron chi connectivity index (χ2n) is 9.66. The Bertz CT molecular complexity index is 1160. The summed E-state index contributed by atoms with van der Waals surface area (Å²) in [6.07, 6.45) is -2.35. The minimum atomic E-state index is -4.77. The number of rotatable bonds is 7. The van der Waals surface area contributed by atoms with E-state index in [-0.39, 0.29) is 23.7 Å². The van der Waals surface area contributed by atoms with Crippen molar-refractivity contribution in [3.05, 3.63) is 47.8 Å². The van der Waals surface area contributed by atoms with Crippen molar-refractivity contribution >= 4 is 18.0 Å². The lowest BCUT2D eigenvalue weighted by Crippen LogP contribution is -2.50. The Balaban J connectivity index is 2.36. The molecule has 9 nitrogen and oxygen atoms in total. The molecule has 0 aliphatic carbocycles. The lowest BCUT2D eigenvalue weighted by atomic mass is 10.0. The molecule has 12 heteroatoms. The predicted octanol–water partition coefficient (Wildman–Crippen LogP) is 5.97. The van der Waals surface area contributed by atoms with Crippen molar-refractivity contribution in [1.82, 2.24) is 15.3 Å². The number of methoxy groups -OCH3 is 1. The number of allylic oxidation sites excluding steroid dienone is 1. The van der Waals surface area contributed by atoms with Gasteiger partial charge in [-0.1, -0.05) is 11.6 Å². The van der Waals surface area contributed by atoms with Crippen LogP contribution >= 0.6 is 0 Å². The molecule has 2 aromatic heterocycles. The first-order chi connectivity index (χ1) is 17.0. The number of alkyl halides is 3. The zero-order valence-corrected chi connectivity index (χ0v) is 21.7. The fourth-order valence-electron chi connectivity index (χ4n) is 3.27. The number of carbonyl (C=O) groups excluding carboxylic acids is 2. The van der Waals surface area contributed by atoms with Gasteiger partial charge in [0.2, 0.25) is 0 Å². The average Bonchev–Trinajstić information content (AvgIpc) is 2.75. The predicted molar refractivity (Wildman–Crippen MR) is 131 cm³/mol. The van der Waals surface area contributed by atoms with E-state index in [1.54, 1.807) is 47.6 Å². The van der Waals surface area contributed by atoms with Gasteiger partial charge in [-0.25, -0.2) is 14.6 Å². The van der Waals surface area contributed by atoms with Crippen LogP contribution in [0.5, 0.6) is 5.75 Å². The van der Waals surface area contributed by atoms with E-state index in [2.05, 4.69) is 25.3 Å². The fourth-order valence-corrected chi connectivity index (χ4v) is 3.27. The Morgan fingerprint density at radius 3 is 2.30 bits per heavy atom. The number of aromatic nitrogens is 2. The highest BCUT2D eigenvalue weighted by Gasteiger charge is 2.36. The van der Waals surface area contributed by atoms with E-state index in [0.29, 0.717) is 0 Å². The van der Waals surface area contributed by atoms with Crippen LogP contribution in [0.25, 0.3) is 11.3 Å². The molecule has 202 valence electrons. The minimum Gasteiger partial charge on any atom is -0.489 e. The van der Waals surface area contributed by atoms with Gasteiger partial charge in [0.15, 0.2) is 0 Å². The number of amides is 2. The summed E-state index contributed by atoms with van der Waals surface area (Å²) >= 11 is 0. The van der Waals surface area contributed by atoms with Crippen molar-refractivity contribution in [2.75, 3.05) is 19.0 Å². The standard InChI is InChI=1S/C25H31F3N4O5/c1-15(2)12-24(6,32-22(34)37-23(3,4)5)14-36-19-13-30-18(11-17(19)25(26,27)28)16-8-9-29-20(10-16)31-21(33)35-7/h8-13H,14H2,1-7H3,(H,32,34)(H,29,31,33). The SMILES string of the molecule is COC(=O)Nc1cc(-c2cc(C(F)(F)F)c(OCC(C)(C=C(C)C)NC(=O)OC(C)(C)C)cn2)ccn1. The largest absolute Gasteiger partial charge is 0.489 e. The van der Waals surface area contributed by atoms with Crippen LogP contribution in [0.2, 0.25) is 0 Å². The summed E-state index contributed by atoms with van der Waals surface area (Å²) in [5.41, 5.74) is -1.94. The summed E-state index contributed by atoms with van der Waals surface area (Å²) in [5, 5.41) is 5.00. The summed E-state index contributed by atoms with van der Waals surface area (Å²) in [5.74, 6) is -0.441. The number of nitrogens with one attached hydrogen (secondary N) is 2. The van der Waals surface area contributed by atoms with Crippen molar-refractivity contribution < 1.29 is 37.0 Å². The summed E-state index contributed by atoms with van der Waals surface area (Å²) in [6.45, 7) is 9.93. The van der Waals surface area contributed by atoms with Crippen LogP contribution < -0.4 is 15.4 Å². The minimum absolute atomic E-state index is 0.0195. The van der Waals surface area contributed by atoms with Gasteiger partial charge in [-0.05, 0) is 59.7 Å². The maximum Gasteiger partial charge on any atom is 0.420 e. The Morgan fingerprint density at radius 1 is 1.05 bits per heavy atom. The number of anilines is 1. The molecule has 2 rings (SSSR count). The van der Waals surface area contributed by atoms with E-state index < -0.39 is 40.8 Å². The number of hydrogen-bond acceptors (Lipinski definition) is 7. The molecule has 2 aromatic rings. The Labute approximate surface area is 213 Å². The normalized spacial score (nSPS) is 13.1. The van der Waals surface area contributed by atoms with Crippen LogP contribution in [0.3, 0.4) is 0 Å². The average molecular weight is 525 g/mol. The molecule has 0 aromatic carbocycles. The van der Waals surface area contributed by atoms with Crippen molar-refractivity contribution in [3.63, 3.8) is 0 Å². The molecule has 2 amide bonds. The van der Waals surface area contributed by atoms with Gasteiger partial charge in [0.05, 0.1) is 24.5 Å². The third-order valence-electron chi connectivity index (χ3n) is 4.57. The van der Waals surface area contributed by atoms with Crippen molar-refractivity contribution in [2.24, 2.45) is 0 Å². The van der Waals surface area contributed by atoms with Gasteiger partial charge in [-0.15, -0.1) is 0 Å². The highest BCUT2D eigenvalue weighted by atomic mass is 19.4. The molecular weight excluding hydrogens is 493 g/mol. The van der Waals surface area contributed by atoms with Gasteiger partial charge in [0, 0.05) is 11.8 Å². The van der Waals surface area contributed by atoms with E-state index in [0.717, 1.165) is 17.8 Å². The van der Waals surface area contributed by atoms with Crippen molar-refractivity contribution in [3.8, 4) is 17.0 Å². The van der Waals surface area contributed by atoms with Crippen LogP contribution in [0.1, 0.15) is 47.1 Å². The highest BCUT2D eigenvalue weighted by molar-refractivity contribution is 5.84. The molecule has 1 atom stereocenters. The number of ether oxygens (including phenoxy) is 3. The first kappa shape index (κ1) is 29.4. The zero-order chi connectivity index (χ0) is 28.0. The van der Waals surface area contributed by atoms with Crippen LogP contribution in [-0.2, 0) is 15.7 Å². The van der Waals surface area contributed by atoms with Crippen LogP contribution in [0.15, 0.2) is 42.2 Å². The summed E-state index contributed by atoms with van der Waals surface area (Å²) in [7, 11) is 1.17. The van der Waals surface area contributed by atoms with Crippen LogP contribution in [-0.4, -0.2) is 47.0 Å². The first-order valence-electron chi connectivity index (χ1n) is 11.2.